The molecule has 0 saturated carbocycles. The first-order valence-corrected chi connectivity index (χ1v) is 8.33. The number of hydrogen-bond donors (Lipinski definition) is 4. The second-order valence-corrected chi connectivity index (χ2v) is 5.87. The van der Waals surface area contributed by atoms with Crippen LogP contribution in [0.25, 0.3) is 16.7 Å². The Kier molecular flexibility index (Phi) is 4.69. The van der Waals surface area contributed by atoms with Gasteiger partial charge in [0.15, 0.2) is 5.65 Å². The van der Waals surface area contributed by atoms with Crippen molar-refractivity contribution in [3.63, 3.8) is 0 Å². The number of nitrogens with one attached hydrogen (secondary N) is 2. The second kappa shape index (κ2) is 6.77. The third-order valence-corrected chi connectivity index (χ3v) is 4.11. The minimum atomic E-state index is -0.901. The van der Waals surface area contributed by atoms with Crippen LogP contribution in [0.2, 0.25) is 0 Å². The molecule has 0 radical (unpaired) electrons. The second-order valence-electron chi connectivity index (χ2n) is 5.87. The molecule has 3 aromatic heterocycles. The number of aliphatic hydroxyl groups is 2. The molecule has 3 aromatic rings. The fraction of sp³-hybridized carbons (Fsp3) is 0.500. The number of aromatic nitrogens is 5. The van der Waals surface area contributed by atoms with Crippen molar-refractivity contribution in [3.05, 3.63) is 27.6 Å². The predicted octanol–water partition coefficient (Wildman–Crippen LogP) is 0.164. The Labute approximate surface area is 143 Å². The number of aryl methyl sites for hydroxylation is 3. The van der Waals surface area contributed by atoms with E-state index in [9.17, 15) is 9.90 Å². The van der Waals surface area contributed by atoms with E-state index in [-0.39, 0.29) is 18.7 Å². The Morgan fingerprint density at radius 3 is 2.64 bits per heavy atom. The standard InChI is InChI=1S/C16H22N6O3/c1-4-10-12-14(21-16(19-10)17-6-9(24)7-23)22-11(5-2)18-8(3)13(22)15(25)20-12/h9,23-24H,4-7H2,1-3H3,(H,20,25)(H,17,19,21). The molecule has 0 saturated heterocycles. The molecular formula is C16H22N6O3. The van der Waals surface area contributed by atoms with Gasteiger partial charge in [0.1, 0.15) is 16.9 Å². The summed E-state index contributed by atoms with van der Waals surface area (Å²) >= 11 is 0. The van der Waals surface area contributed by atoms with Crippen molar-refractivity contribution in [2.24, 2.45) is 0 Å². The maximum absolute atomic E-state index is 12.5. The van der Waals surface area contributed by atoms with Crippen molar-refractivity contribution >= 4 is 22.6 Å². The molecule has 0 spiro atoms. The van der Waals surface area contributed by atoms with Crippen molar-refractivity contribution in [2.75, 3.05) is 18.5 Å². The van der Waals surface area contributed by atoms with E-state index in [0.717, 1.165) is 5.82 Å². The van der Waals surface area contributed by atoms with E-state index in [1.165, 1.54) is 0 Å². The lowest BCUT2D eigenvalue weighted by molar-refractivity contribution is 0.105. The van der Waals surface area contributed by atoms with Gasteiger partial charge in [-0.1, -0.05) is 13.8 Å². The molecule has 0 amide bonds. The maximum Gasteiger partial charge on any atom is 0.274 e. The van der Waals surface area contributed by atoms with E-state index in [4.69, 9.17) is 5.11 Å². The SMILES string of the molecule is CCc1nc(NCC(O)CO)nc2c1[nH]c(=O)c1c(C)nc(CC)n12. The molecule has 1 unspecified atom stereocenters. The van der Waals surface area contributed by atoms with Gasteiger partial charge in [-0.3, -0.25) is 9.20 Å². The topological polar surface area (TPSA) is 128 Å². The molecule has 25 heavy (non-hydrogen) atoms. The number of anilines is 1. The van der Waals surface area contributed by atoms with Gasteiger partial charge in [-0.2, -0.15) is 4.98 Å². The van der Waals surface area contributed by atoms with Crippen molar-refractivity contribution in [3.8, 4) is 0 Å². The van der Waals surface area contributed by atoms with E-state index in [0.29, 0.717) is 46.9 Å². The number of aromatic amines is 1. The van der Waals surface area contributed by atoms with Crippen LogP contribution in [0.4, 0.5) is 5.95 Å². The zero-order valence-electron chi connectivity index (χ0n) is 14.5. The van der Waals surface area contributed by atoms with E-state index < -0.39 is 6.10 Å². The summed E-state index contributed by atoms with van der Waals surface area (Å²) in [7, 11) is 0. The van der Waals surface area contributed by atoms with Crippen LogP contribution in [0.3, 0.4) is 0 Å². The third kappa shape index (κ3) is 2.96. The highest BCUT2D eigenvalue weighted by Crippen LogP contribution is 2.20. The summed E-state index contributed by atoms with van der Waals surface area (Å²) < 4.78 is 1.78. The number of aliphatic hydroxyl groups excluding tert-OH is 2. The molecule has 0 bridgehead atoms. The molecule has 4 N–H and O–H groups in total. The van der Waals surface area contributed by atoms with Crippen molar-refractivity contribution < 1.29 is 10.2 Å². The van der Waals surface area contributed by atoms with Gasteiger partial charge < -0.3 is 20.5 Å². The molecule has 3 heterocycles. The summed E-state index contributed by atoms with van der Waals surface area (Å²) in [6, 6.07) is 0. The molecule has 0 aliphatic rings. The Morgan fingerprint density at radius 2 is 2.00 bits per heavy atom. The molecule has 3 rings (SSSR count). The van der Waals surface area contributed by atoms with Gasteiger partial charge in [-0.05, 0) is 13.3 Å². The first-order chi connectivity index (χ1) is 12.0. The van der Waals surface area contributed by atoms with Gasteiger partial charge in [-0.25, -0.2) is 9.97 Å². The highest BCUT2D eigenvalue weighted by molar-refractivity contribution is 5.78. The van der Waals surface area contributed by atoms with E-state index in [2.05, 4.69) is 25.3 Å². The monoisotopic (exact) mass is 346 g/mol. The quantitative estimate of drug-likeness (QED) is 0.500. The van der Waals surface area contributed by atoms with Gasteiger partial charge in [-0.15, -0.1) is 0 Å². The summed E-state index contributed by atoms with van der Waals surface area (Å²) in [5.74, 6) is 1.09. The van der Waals surface area contributed by atoms with E-state index in [1.807, 2.05) is 13.8 Å². The fourth-order valence-corrected chi connectivity index (χ4v) is 2.88. The van der Waals surface area contributed by atoms with Crippen molar-refractivity contribution in [1.82, 2.24) is 24.3 Å². The van der Waals surface area contributed by atoms with Crippen LogP contribution in [-0.2, 0) is 12.8 Å². The van der Waals surface area contributed by atoms with Crippen LogP contribution in [0.5, 0.6) is 0 Å². The number of fused-ring (bicyclic) bond motifs is 3. The van der Waals surface area contributed by atoms with Gasteiger partial charge >= 0.3 is 0 Å². The highest BCUT2D eigenvalue weighted by Gasteiger charge is 2.18. The van der Waals surface area contributed by atoms with Crippen LogP contribution in [0.1, 0.15) is 31.1 Å². The Balaban J connectivity index is 2.29. The van der Waals surface area contributed by atoms with Gasteiger partial charge in [0, 0.05) is 13.0 Å². The first-order valence-electron chi connectivity index (χ1n) is 8.33. The molecule has 9 nitrogen and oxygen atoms in total. The fourth-order valence-electron chi connectivity index (χ4n) is 2.88. The minimum Gasteiger partial charge on any atom is -0.394 e. The molecule has 134 valence electrons. The van der Waals surface area contributed by atoms with Crippen LogP contribution in [0, 0.1) is 6.92 Å². The number of imidazole rings is 1. The lowest BCUT2D eigenvalue weighted by Gasteiger charge is -2.12. The van der Waals surface area contributed by atoms with E-state index in [1.54, 1.807) is 11.3 Å². The Bertz CT molecular complexity index is 978. The van der Waals surface area contributed by atoms with Crippen LogP contribution in [-0.4, -0.2) is 53.8 Å². The molecule has 0 aromatic carbocycles. The highest BCUT2D eigenvalue weighted by atomic mass is 16.3. The third-order valence-electron chi connectivity index (χ3n) is 4.11. The van der Waals surface area contributed by atoms with Gasteiger partial charge in [0.2, 0.25) is 5.95 Å². The molecular weight excluding hydrogens is 324 g/mol. The lowest BCUT2D eigenvalue weighted by Crippen LogP contribution is -2.24. The molecule has 0 aliphatic heterocycles. The van der Waals surface area contributed by atoms with Crippen molar-refractivity contribution in [2.45, 2.75) is 39.7 Å². The summed E-state index contributed by atoms with van der Waals surface area (Å²) in [4.78, 5) is 28.8. The number of H-pyrrole nitrogens is 1. The zero-order valence-corrected chi connectivity index (χ0v) is 14.5. The Morgan fingerprint density at radius 1 is 1.24 bits per heavy atom. The van der Waals surface area contributed by atoms with Crippen LogP contribution >= 0.6 is 0 Å². The number of nitrogens with zero attached hydrogens (tertiary/aromatic N) is 4. The van der Waals surface area contributed by atoms with Crippen LogP contribution in [0.15, 0.2) is 4.79 Å². The minimum absolute atomic E-state index is 0.126. The normalized spacial score (nSPS) is 12.8. The summed E-state index contributed by atoms with van der Waals surface area (Å²) in [5.41, 5.74) is 2.76. The lowest BCUT2D eigenvalue weighted by atomic mass is 10.2. The van der Waals surface area contributed by atoms with Gasteiger partial charge in [0.25, 0.3) is 5.56 Å². The summed E-state index contributed by atoms with van der Waals surface area (Å²) in [6.07, 6.45) is 0.361. The molecule has 0 fully saturated rings. The maximum atomic E-state index is 12.5. The van der Waals surface area contributed by atoms with E-state index >= 15 is 0 Å². The average Bonchev–Trinajstić information content (AvgIpc) is 2.96. The molecule has 0 aliphatic carbocycles. The van der Waals surface area contributed by atoms with Crippen molar-refractivity contribution in [1.29, 1.82) is 0 Å². The number of rotatable bonds is 6. The summed E-state index contributed by atoms with van der Waals surface area (Å²) in [6.45, 7) is 5.49. The molecule has 1 atom stereocenters. The Hall–Kier alpha value is -2.52. The van der Waals surface area contributed by atoms with Crippen LogP contribution < -0.4 is 10.9 Å². The summed E-state index contributed by atoms with van der Waals surface area (Å²) in [5, 5.41) is 21.4. The number of hydrogen-bond acceptors (Lipinski definition) is 7. The predicted molar refractivity (Wildman–Crippen MR) is 94.0 cm³/mol. The zero-order chi connectivity index (χ0) is 18.1. The van der Waals surface area contributed by atoms with Gasteiger partial charge in [0.05, 0.1) is 24.1 Å². The smallest absolute Gasteiger partial charge is 0.274 e. The largest absolute Gasteiger partial charge is 0.394 e. The average molecular weight is 346 g/mol. The molecule has 9 heteroatoms. The first kappa shape index (κ1) is 17.3.